The standard InChI is InChI=1S/C22H34N4O3/c1-16(27)25-14-22(15-25)8-6-17(7-9-22)21(29)24-12-18-11-19(13-24)26(18)20(28)5-4-10-23(2)3/h4-5,17-19H,6-15H2,1-3H3/b5-4+. The molecule has 2 unspecified atom stereocenters. The molecule has 7 heteroatoms. The van der Waals surface area contributed by atoms with E-state index in [4.69, 9.17) is 0 Å². The van der Waals surface area contributed by atoms with E-state index in [0.717, 1.165) is 51.7 Å². The van der Waals surface area contributed by atoms with Gasteiger partial charge in [0.2, 0.25) is 17.7 Å². The molecule has 4 saturated heterocycles. The van der Waals surface area contributed by atoms with E-state index in [-0.39, 0.29) is 41.1 Å². The highest BCUT2D eigenvalue weighted by Gasteiger charge is 2.50. The fourth-order valence-corrected chi connectivity index (χ4v) is 5.64. The molecule has 4 heterocycles. The Morgan fingerprint density at radius 1 is 1.03 bits per heavy atom. The monoisotopic (exact) mass is 402 g/mol. The predicted octanol–water partition coefficient (Wildman–Crippen LogP) is 0.955. The van der Waals surface area contributed by atoms with Crippen LogP contribution in [0.2, 0.25) is 0 Å². The van der Waals surface area contributed by atoms with Crippen molar-refractivity contribution in [1.29, 1.82) is 0 Å². The van der Waals surface area contributed by atoms with Crippen LogP contribution in [0.25, 0.3) is 0 Å². The van der Waals surface area contributed by atoms with Crippen LogP contribution in [0.5, 0.6) is 0 Å². The Morgan fingerprint density at radius 2 is 1.66 bits per heavy atom. The molecule has 7 nitrogen and oxygen atoms in total. The van der Waals surface area contributed by atoms with Crippen LogP contribution in [-0.4, -0.2) is 96.2 Å². The maximum absolute atomic E-state index is 13.1. The highest BCUT2D eigenvalue weighted by atomic mass is 16.2. The van der Waals surface area contributed by atoms with Crippen molar-refractivity contribution in [1.82, 2.24) is 19.6 Å². The second-order valence-electron chi connectivity index (χ2n) is 9.85. The number of rotatable bonds is 4. The van der Waals surface area contributed by atoms with E-state index in [0.29, 0.717) is 13.1 Å². The quantitative estimate of drug-likeness (QED) is 0.657. The molecule has 0 aromatic rings. The van der Waals surface area contributed by atoms with Gasteiger partial charge in [-0.25, -0.2) is 0 Å². The predicted molar refractivity (Wildman–Crippen MR) is 110 cm³/mol. The van der Waals surface area contributed by atoms with Crippen molar-refractivity contribution in [3.63, 3.8) is 0 Å². The van der Waals surface area contributed by atoms with Gasteiger partial charge in [0.25, 0.3) is 0 Å². The van der Waals surface area contributed by atoms with Crippen molar-refractivity contribution in [3.8, 4) is 0 Å². The van der Waals surface area contributed by atoms with Gasteiger partial charge in [-0.3, -0.25) is 14.4 Å². The number of hydrogen-bond acceptors (Lipinski definition) is 4. The molecule has 0 aromatic heterocycles. The number of piperazine rings is 1. The molecule has 29 heavy (non-hydrogen) atoms. The SMILES string of the molecule is CC(=O)N1CC2(CCC(C(=O)N3CC4CC(C3)N4C(=O)/C=C/CN(C)C)CC2)C1. The van der Waals surface area contributed by atoms with Crippen LogP contribution in [0, 0.1) is 11.3 Å². The fraction of sp³-hybridized carbons (Fsp3) is 0.773. The molecule has 1 spiro atoms. The second kappa shape index (κ2) is 7.74. The molecule has 5 rings (SSSR count). The third-order valence-electron chi connectivity index (χ3n) is 7.38. The Balaban J connectivity index is 1.25. The van der Waals surface area contributed by atoms with Crippen LogP contribution >= 0.6 is 0 Å². The lowest BCUT2D eigenvalue weighted by Gasteiger charge is -2.57. The largest absolute Gasteiger partial charge is 0.342 e. The number of nitrogens with zero attached hydrogens (tertiary/aromatic N) is 4. The lowest BCUT2D eigenvalue weighted by Crippen LogP contribution is -2.71. The first-order chi connectivity index (χ1) is 13.8. The summed E-state index contributed by atoms with van der Waals surface area (Å²) in [5, 5.41) is 0. The number of likely N-dealkylation sites (N-methyl/N-ethyl adjacent to an activating group) is 1. The van der Waals surface area contributed by atoms with E-state index in [2.05, 4.69) is 0 Å². The number of carbonyl (C=O) groups excluding carboxylic acids is 3. The Kier molecular flexibility index (Phi) is 5.44. The minimum Gasteiger partial charge on any atom is -0.342 e. The highest BCUT2D eigenvalue weighted by Crippen LogP contribution is 2.46. The van der Waals surface area contributed by atoms with Gasteiger partial charge in [-0.2, -0.15) is 0 Å². The molecule has 1 saturated carbocycles. The summed E-state index contributed by atoms with van der Waals surface area (Å²) in [5.41, 5.74) is 0.272. The van der Waals surface area contributed by atoms with Gasteiger partial charge in [-0.1, -0.05) is 6.08 Å². The fourth-order valence-electron chi connectivity index (χ4n) is 5.64. The summed E-state index contributed by atoms with van der Waals surface area (Å²) in [4.78, 5) is 44.9. The molecule has 160 valence electrons. The Morgan fingerprint density at radius 3 is 2.21 bits per heavy atom. The number of piperidine rings is 1. The van der Waals surface area contributed by atoms with Crippen molar-refractivity contribution >= 4 is 17.7 Å². The summed E-state index contributed by atoms with van der Waals surface area (Å²) in [7, 11) is 3.96. The van der Waals surface area contributed by atoms with Gasteiger partial charge in [0.05, 0.1) is 12.1 Å². The van der Waals surface area contributed by atoms with E-state index in [1.807, 2.05) is 39.8 Å². The first kappa shape index (κ1) is 20.4. The van der Waals surface area contributed by atoms with E-state index < -0.39 is 0 Å². The zero-order valence-electron chi connectivity index (χ0n) is 18.0. The summed E-state index contributed by atoms with van der Waals surface area (Å²) in [5.74, 6) is 0.651. The zero-order valence-corrected chi connectivity index (χ0v) is 18.0. The molecule has 5 fully saturated rings. The van der Waals surface area contributed by atoms with Gasteiger partial charge in [-0.05, 0) is 46.2 Å². The van der Waals surface area contributed by atoms with Gasteiger partial charge >= 0.3 is 0 Å². The smallest absolute Gasteiger partial charge is 0.246 e. The van der Waals surface area contributed by atoms with Gasteiger partial charge in [0.15, 0.2) is 0 Å². The van der Waals surface area contributed by atoms with Crippen molar-refractivity contribution < 1.29 is 14.4 Å². The van der Waals surface area contributed by atoms with Crippen molar-refractivity contribution in [2.75, 3.05) is 46.8 Å². The van der Waals surface area contributed by atoms with E-state index >= 15 is 0 Å². The third-order valence-corrected chi connectivity index (χ3v) is 7.38. The Bertz CT molecular complexity index is 691. The first-order valence-electron chi connectivity index (χ1n) is 11.0. The number of carbonyl (C=O) groups is 3. The van der Waals surface area contributed by atoms with Crippen LogP contribution in [0.1, 0.15) is 39.0 Å². The average Bonchev–Trinajstić information content (AvgIpc) is 2.65. The van der Waals surface area contributed by atoms with Crippen molar-refractivity contribution in [2.24, 2.45) is 11.3 Å². The molecule has 4 aliphatic heterocycles. The summed E-state index contributed by atoms with van der Waals surface area (Å²) in [6, 6.07) is 0.361. The molecule has 0 radical (unpaired) electrons. The van der Waals surface area contributed by atoms with Crippen LogP contribution in [0.4, 0.5) is 0 Å². The number of hydrogen-bond donors (Lipinski definition) is 0. The average molecular weight is 403 g/mol. The minimum absolute atomic E-state index is 0.0832. The van der Waals surface area contributed by atoms with Crippen LogP contribution in [-0.2, 0) is 14.4 Å². The molecule has 0 N–H and O–H groups in total. The zero-order chi connectivity index (χ0) is 20.8. The number of likely N-dealkylation sites (tertiary alicyclic amines) is 1. The molecule has 1 aliphatic carbocycles. The second-order valence-corrected chi connectivity index (χ2v) is 9.85. The van der Waals surface area contributed by atoms with Gasteiger partial charge in [0.1, 0.15) is 0 Å². The Hall–Kier alpha value is -1.89. The number of fused-ring (bicyclic) bond motifs is 2. The maximum Gasteiger partial charge on any atom is 0.246 e. The third kappa shape index (κ3) is 3.93. The molecule has 5 aliphatic rings. The molecular formula is C22H34N4O3. The van der Waals surface area contributed by atoms with Gasteiger partial charge in [0, 0.05) is 57.1 Å². The maximum atomic E-state index is 13.1. The molecule has 2 atom stereocenters. The topological polar surface area (TPSA) is 64.2 Å². The number of amides is 3. The summed E-state index contributed by atoms with van der Waals surface area (Å²) >= 11 is 0. The van der Waals surface area contributed by atoms with Crippen LogP contribution < -0.4 is 0 Å². The molecular weight excluding hydrogens is 368 g/mol. The summed E-state index contributed by atoms with van der Waals surface area (Å²) < 4.78 is 0. The lowest BCUT2D eigenvalue weighted by atomic mass is 9.65. The van der Waals surface area contributed by atoms with E-state index in [1.54, 1.807) is 13.0 Å². The van der Waals surface area contributed by atoms with E-state index in [1.165, 1.54) is 0 Å². The Labute approximate surface area is 173 Å². The van der Waals surface area contributed by atoms with Crippen molar-refractivity contribution in [3.05, 3.63) is 12.2 Å². The summed E-state index contributed by atoms with van der Waals surface area (Å²) in [6.07, 6.45) is 8.58. The van der Waals surface area contributed by atoms with Gasteiger partial charge in [-0.15, -0.1) is 0 Å². The van der Waals surface area contributed by atoms with E-state index in [9.17, 15) is 14.4 Å². The molecule has 2 bridgehead atoms. The van der Waals surface area contributed by atoms with Gasteiger partial charge < -0.3 is 19.6 Å². The van der Waals surface area contributed by atoms with Crippen LogP contribution in [0.3, 0.4) is 0 Å². The normalized spacial score (nSPS) is 28.6. The van der Waals surface area contributed by atoms with Crippen molar-refractivity contribution in [2.45, 2.75) is 51.1 Å². The first-order valence-corrected chi connectivity index (χ1v) is 11.0. The minimum atomic E-state index is 0.0832. The summed E-state index contributed by atoms with van der Waals surface area (Å²) in [6.45, 7) is 5.50. The molecule has 0 aromatic carbocycles. The molecule has 3 amide bonds. The lowest BCUT2D eigenvalue weighted by molar-refractivity contribution is -0.161. The van der Waals surface area contributed by atoms with Crippen LogP contribution in [0.15, 0.2) is 12.2 Å². The highest BCUT2D eigenvalue weighted by molar-refractivity contribution is 5.89.